The minimum atomic E-state index is 0.338. The number of nitrogens with one attached hydrogen (secondary N) is 1. The van der Waals surface area contributed by atoms with E-state index in [2.05, 4.69) is 15.3 Å². The minimum Gasteiger partial charge on any atom is -0.366 e. The number of halogens is 1. The van der Waals surface area contributed by atoms with E-state index >= 15 is 0 Å². The van der Waals surface area contributed by atoms with Crippen molar-refractivity contribution in [3.63, 3.8) is 0 Å². The summed E-state index contributed by atoms with van der Waals surface area (Å²) >= 11 is 5.68. The summed E-state index contributed by atoms with van der Waals surface area (Å²) in [7, 11) is 0. The average molecular weight is 199 g/mol. The number of nitrogens with two attached hydrogens (primary N) is 1. The fourth-order valence-electron chi connectivity index (χ4n) is 1.40. The Hall–Kier alpha value is -0.870. The topological polar surface area (TPSA) is 63.8 Å². The van der Waals surface area contributed by atoms with Crippen molar-refractivity contribution in [2.24, 2.45) is 5.73 Å². The third-order valence-corrected chi connectivity index (χ3v) is 2.31. The molecule has 2 rings (SSSR count). The van der Waals surface area contributed by atoms with Gasteiger partial charge in [0.25, 0.3) is 0 Å². The second-order valence-corrected chi connectivity index (χ2v) is 3.69. The van der Waals surface area contributed by atoms with E-state index in [0.717, 1.165) is 18.7 Å². The van der Waals surface area contributed by atoms with Gasteiger partial charge in [-0.3, -0.25) is 4.98 Å². The molecule has 1 fully saturated rings. The van der Waals surface area contributed by atoms with Crippen molar-refractivity contribution >= 4 is 17.4 Å². The van der Waals surface area contributed by atoms with Crippen molar-refractivity contribution in [3.05, 3.63) is 17.5 Å². The van der Waals surface area contributed by atoms with Crippen LogP contribution in [0, 0.1) is 0 Å². The van der Waals surface area contributed by atoms with Gasteiger partial charge in [-0.1, -0.05) is 11.6 Å². The zero-order valence-electron chi connectivity index (χ0n) is 7.07. The highest BCUT2D eigenvalue weighted by molar-refractivity contribution is 6.29. The molecule has 0 amide bonds. The zero-order chi connectivity index (χ0) is 9.26. The predicted octanol–water partition coefficient (Wildman–Crippen LogP) is 1.03. The molecule has 0 bridgehead atoms. The molecule has 0 aromatic carbocycles. The van der Waals surface area contributed by atoms with Crippen LogP contribution in [0.4, 0.5) is 5.82 Å². The number of nitrogens with zero attached hydrogens (tertiary/aromatic N) is 2. The molecule has 5 heteroatoms. The Morgan fingerprint density at radius 3 is 2.85 bits per heavy atom. The Morgan fingerprint density at radius 1 is 1.46 bits per heavy atom. The number of anilines is 1. The van der Waals surface area contributed by atoms with E-state index in [4.69, 9.17) is 17.3 Å². The molecule has 4 nitrogen and oxygen atoms in total. The van der Waals surface area contributed by atoms with Gasteiger partial charge in [0.05, 0.1) is 12.4 Å². The first kappa shape index (κ1) is 8.72. The van der Waals surface area contributed by atoms with E-state index in [9.17, 15) is 0 Å². The molecular formula is C8H11ClN4. The van der Waals surface area contributed by atoms with Gasteiger partial charge in [-0.05, 0) is 12.8 Å². The highest BCUT2D eigenvalue weighted by Gasteiger charge is 2.25. The van der Waals surface area contributed by atoms with Crippen LogP contribution in [-0.2, 0) is 0 Å². The second kappa shape index (κ2) is 3.47. The monoisotopic (exact) mass is 198 g/mol. The molecule has 0 radical (unpaired) electrons. The molecule has 13 heavy (non-hydrogen) atoms. The highest BCUT2D eigenvalue weighted by Crippen LogP contribution is 2.21. The quantitative estimate of drug-likeness (QED) is 0.745. The number of aromatic nitrogens is 2. The summed E-state index contributed by atoms with van der Waals surface area (Å²) in [5.74, 6) is 0.726. The molecular weight excluding hydrogens is 188 g/mol. The minimum absolute atomic E-state index is 0.338. The van der Waals surface area contributed by atoms with Crippen LogP contribution >= 0.6 is 11.6 Å². The maximum atomic E-state index is 5.68. The Bertz CT molecular complexity index is 298. The van der Waals surface area contributed by atoms with E-state index in [-0.39, 0.29) is 0 Å². The van der Waals surface area contributed by atoms with E-state index in [1.807, 2.05) is 0 Å². The van der Waals surface area contributed by atoms with E-state index in [1.165, 1.54) is 6.20 Å². The summed E-state index contributed by atoms with van der Waals surface area (Å²) in [6.45, 7) is 0. The predicted molar refractivity (Wildman–Crippen MR) is 51.7 cm³/mol. The van der Waals surface area contributed by atoms with Crippen molar-refractivity contribution in [3.8, 4) is 0 Å². The molecule has 1 heterocycles. The molecule has 70 valence electrons. The van der Waals surface area contributed by atoms with Crippen LogP contribution in [0.3, 0.4) is 0 Å². The largest absolute Gasteiger partial charge is 0.366 e. The van der Waals surface area contributed by atoms with Crippen molar-refractivity contribution in [1.82, 2.24) is 9.97 Å². The first-order chi connectivity index (χ1) is 6.24. The third kappa shape index (κ3) is 2.08. The van der Waals surface area contributed by atoms with Crippen molar-refractivity contribution in [1.29, 1.82) is 0 Å². The van der Waals surface area contributed by atoms with Crippen LogP contribution in [0.5, 0.6) is 0 Å². The normalized spacial score (nSPS) is 26.6. The van der Waals surface area contributed by atoms with Crippen molar-refractivity contribution in [2.45, 2.75) is 24.9 Å². The van der Waals surface area contributed by atoms with E-state index < -0.39 is 0 Å². The first-order valence-corrected chi connectivity index (χ1v) is 4.61. The molecule has 0 spiro atoms. The standard InChI is InChI=1S/C8H11ClN4/c9-7-3-11-4-8(13-7)12-6-1-5(10)2-6/h3-6H,1-2,10H2,(H,12,13). The van der Waals surface area contributed by atoms with E-state index in [0.29, 0.717) is 17.2 Å². The molecule has 0 aliphatic heterocycles. The molecule has 1 aliphatic carbocycles. The summed E-state index contributed by atoms with van der Waals surface area (Å²) in [6, 6.07) is 0.771. The van der Waals surface area contributed by atoms with Gasteiger partial charge < -0.3 is 11.1 Å². The molecule has 3 N–H and O–H groups in total. The highest BCUT2D eigenvalue weighted by atomic mass is 35.5. The Balaban J connectivity index is 1.94. The SMILES string of the molecule is NC1CC(Nc2cncc(Cl)n2)C1. The smallest absolute Gasteiger partial charge is 0.149 e. The molecule has 1 saturated carbocycles. The van der Waals surface area contributed by atoms with Gasteiger partial charge in [0.15, 0.2) is 0 Å². The molecule has 1 aromatic rings. The lowest BCUT2D eigenvalue weighted by molar-refractivity contribution is 0.373. The molecule has 0 atom stereocenters. The van der Waals surface area contributed by atoms with E-state index in [1.54, 1.807) is 6.20 Å². The van der Waals surface area contributed by atoms with Crippen LogP contribution in [0.1, 0.15) is 12.8 Å². The number of hydrogen-bond donors (Lipinski definition) is 2. The Morgan fingerprint density at radius 2 is 2.23 bits per heavy atom. The van der Waals surface area contributed by atoms with Gasteiger partial charge >= 0.3 is 0 Å². The number of rotatable bonds is 2. The molecule has 1 aliphatic rings. The van der Waals surface area contributed by atoms with Crippen LogP contribution < -0.4 is 11.1 Å². The molecule has 1 aromatic heterocycles. The summed E-state index contributed by atoms with van der Waals surface area (Å²) in [6.07, 6.45) is 5.16. The van der Waals surface area contributed by atoms with Gasteiger partial charge in [-0.2, -0.15) is 0 Å². The zero-order valence-corrected chi connectivity index (χ0v) is 7.83. The summed E-state index contributed by atoms with van der Waals surface area (Å²) in [4.78, 5) is 8.00. The van der Waals surface area contributed by atoms with Gasteiger partial charge in [-0.15, -0.1) is 0 Å². The third-order valence-electron chi connectivity index (χ3n) is 2.13. The lowest BCUT2D eigenvalue weighted by Crippen LogP contribution is -2.44. The second-order valence-electron chi connectivity index (χ2n) is 3.30. The van der Waals surface area contributed by atoms with Crippen molar-refractivity contribution in [2.75, 3.05) is 5.32 Å². The van der Waals surface area contributed by atoms with Gasteiger partial charge in [-0.25, -0.2) is 4.98 Å². The molecule has 0 saturated heterocycles. The van der Waals surface area contributed by atoms with Gasteiger partial charge in [0, 0.05) is 12.1 Å². The maximum Gasteiger partial charge on any atom is 0.149 e. The molecule has 0 unspecified atom stereocenters. The lowest BCUT2D eigenvalue weighted by atomic mass is 9.88. The van der Waals surface area contributed by atoms with Crippen molar-refractivity contribution < 1.29 is 0 Å². The Kier molecular flexibility index (Phi) is 2.33. The van der Waals surface area contributed by atoms with Gasteiger partial charge in [0.2, 0.25) is 0 Å². The summed E-state index contributed by atoms with van der Waals surface area (Å²) < 4.78 is 0. The maximum absolute atomic E-state index is 5.68. The number of hydrogen-bond acceptors (Lipinski definition) is 4. The summed E-state index contributed by atoms with van der Waals surface area (Å²) in [5, 5.41) is 3.62. The van der Waals surface area contributed by atoms with Crippen LogP contribution in [-0.4, -0.2) is 22.1 Å². The van der Waals surface area contributed by atoms with Crippen LogP contribution in [0.25, 0.3) is 0 Å². The Labute approximate surface area is 81.5 Å². The van der Waals surface area contributed by atoms with Crippen LogP contribution in [0.2, 0.25) is 5.15 Å². The fourth-order valence-corrected chi connectivity index (χ4v) is 1.55. The van der Waals surface area contributed by atoms with Gasteiger partial charge in [0.1, 0.15) is 11.0 Å². The lowest BCUT2D eigenvalue weighted by Gasteiger charge is -2.33. The summed E-state index contributed by atoms with van der Waals surface area (Å²) in [5.41, 5.74) is 5.65. The van der Waals surface area contributed by atoms with Crippen LogP contribution in [0.15, 0.2) is 12.4 Å². The average Bonchev–Trinajstić information content (AvgIpc) is 2.01. The fraction of sp³-hybridized carbons (Fsp3) is 0.500. The first-order valence-electron chi connectivity index (χ1n) is 4.23.